The third kappa shape index (κ3) is 6.64. The molecule has 0 amide bonds. The molecule has 0 fully saturated rings. The summed E-state index contributed by atoms with van der Waals surface area (Å²) in [5.74, 6) is 1.64. The highest BCUT2D eigenvalue weighted by Crippen LogP contribution is 2.20. The molecule has 1 aromatic heterocycles. The van der Waals surface area contributed by atoms with E-state index in [9.17, 15) is 0 Å². The molecule has 0 saturated carbocycles. The summed E-state index contributed by atoms with van der Waals surface area (Å²) in [6, 6.07) is 6.17. The molecular formula is C18H28IN5OS. The highest BCUT2D eigenvalue weighted by atomic mass is 127. The number of halogens is 1. The molecule has 0 bridgehead atoms. The van der Waals surface area contributed by atoms with Crippen LogP contribution in [0.5, 0.6) is 5.75 Å². The SMILES string of the molecule is CCNC(=NCc1ccc(C)cc1OC)NCc1csc(N(C)C)n1.I. The Labute approximate surface area is 177 Å². The van der Waals surface area contributed by atoms with E-state index >= 15 is 0 Å². The summed E-state index contributed by atoms with van der Waals surface area (Å²) in [6.45, 7) is 6.10. The van der Waals surface area contributed by atoms with Crippen LogP contribution < -0.4 is 20.3 Å². The summed E-state index contributed by atoms with van der Waals surface area (Å²) >= 11 is 1.64. The molecule has 0 radical (unpaired) electrons. The van der Waals surface area contributed by atoms with Gasteiger partial charge in [0, 0.05) is 31.6 Å². The third-order valence-electron chi connectivity index (χ3n) is 3.55. The molecule has 0 aliphatic heterocycles. The summed E-state index contributed by atoms with van der Waals surface area (Å²) < 4.78 is 5.45. The molecule has 26 heavy (non-hydrogen) atoms. The fraction of sp³-hybridized carbons (Fsp3) is 0.444. The van der Waals surface area contributed by atoms with E-state index in [0.29, 0.717) is 13.1 Å². The maximum atomic E-state index is 5.45. The number of ether oxygens (including phenoxy) is 1. The highest BCUT2D eigenvalue weighted by Gasteiger charge is 2.06. The summed E-state index contributed by atoms with van der Waals surface area (Å²) in [6.07, 6.45) is 0. The standard InChI is InChI=1S/C18H27N5OS.HI/c1-6-19-17(21-11-15-12-25-18(22-15)23(3)4)20-10-14-8-7-13(2)9-16(14)24-5;/h7-9,12H,6,10-11H2,1-5H3,(H2,19,20,21);1H. The topological polar surface area (TPSA) is 61.8 Å². The number of methoxy groups -OCH3 is 1. The quantitative estimate of drug-likeness (QED) is 0.355. The van der Waals surface area contributed by atoms with Crippen LogP contribution in [0.15, 0.2) is 28.6 Å². The van der Waals surface area contributed by atoms with Gasteiger partial charge in [0.05, 0.1) is 25.9 Å². The van der Waals surface area contributed by atoms with Crippen LogP contribution in [0.3, 0.4) is 0 Å². The van der Waals surface area contributed by atoms with Gasteiger partial charge >= 0.3 is 0 Å². The first-order valence-corrected chi connectivity index (χ1v) is 9.18. The fourth-order valence-corrected chi connectivity index (χ4v) is 3.00. The van der Waals surface area contributed by atoms with Gasteiger partial charge in [0.25, 0.3) is 0 Å². The van der Waals surface area contributed by atoms with Gasteiger partial charge in [0.1, 0.15) is 5.75 Å². The monoisotopic (exact) mass is 489 g/mol. The third-order valence-corrected chi connectivity index (χ3v) is 4.61. The second kappa shape index (κ2) is 11.2. The number of aliphatic imine (C=N–C) groups is 1. The van der Waals surface area contributed by atoms with E-state index in [1.165, 1.54) is 5.56 Å². The number of hydrogen-bond donors (Lipinski definition) is 2. The minimum absolute atomic E-state index is 0. The van der Waals surface area contributed by atoms with Gasteiger partial charge in [-0.25, -0.2) is 9.98 Å². The van der Waals surface area contributed by atoms with Crippen LogP contribution >= 0.6 is 35.3 Å². The van der Waals surface area contributed by atoms with E-state index in [1.54, 1.807) is 18.4 Å². The van der Waals surface area contributed by atoms with E-state index in [0.717, 1.165) is 34.6 Å². The molecule has 2 aromatic rings. The predicted molar refractivity (Wildman–Crippen MR) is 121 cm³/mol. The average molecular weight is 489 g/mol. The summed E-state index contributed by atoms with van der Waals surface area (Å²) in [5.41, 5.74) is 3.25. The van der Waals surface area contributed by atoms with Crippen molar-refractivity contribution in [3.8, 4) is 5.75 Å². The van der Waals surface area contributed by atoms with Crippen molar-refractivity contribution in [1.29, 1.82) is 0 Å². The maximum Gasteiger partial charge on any atom is 0.191 e. The minimum Gasteiger partial charge on any atom is -0.496 e. The zero-order valence-electron chi connectivity index (χ0n) is 16.0. The van der Waals surface area contributed by atoms with Crippen molar-refractivity contribution < 1.29 is 4.74 Å². The highest BCUT2D eigenvalue weighted by molar-refractivity contribution is 14.0. The van der Waals surface area contributed by atoms with E-state index in [2.05, 4.69) is 52.0 Å². The summed E-state index contributed by atoms with van der Waals surface area (Å²) in [7, 11) is 5.68. The number of nitrogens with zero attached hydrogens (tertiary/aromatic N) is 3. The number of benzene rings is 1. The first-order chi connectivity index (χ1) is 12.0. The Bertz CT molecular complexity index is 717. The van der Waals surface area contributed by atoms with Gasteiger partial charge in [-0.1, -0.05) is 12.1 Å². The second-order valence-corrected chi connectivity index (χ2v) is 6.72. The number of hydrogen-bond acceptors (Lipinski definition) is 5. The van der Waals surface area contributed by atoms with Crippen LogP contribution in [-0.4, -0.2) is 38.7 Å². The molecule has 0 saturated heterocycles. The van der Waals surface area contributed by atoms with Crippen LogP contribution in [-0.2, 0) is 13.1 Å². The lowest BCUT2D eigenvalue weighted by molar-refractivity contribution is 0.409. The lowest BCUT2D eigenvalue weighted by Crippen LogP contribution is -2.36. The van der Waals surface area contributed by atoms with Gasteiger partial charge in [-0.05, 0) is 25.5 Å². The Morgan fingerprint density at radius 2 is 2.08 bits per heavy atom. The van der Waals surface area contributed by atoms with E-state index in [-0.39, 0.29) is 24.0 Å². The Kier molecular flexibility index (Phi) is 9.71. The molecule has 1 aromatic carbocycles. The Morgan fingerprint density at radius 1 is 1.31 bits per heavy atom. The van der Waals surface area contributed by atoms with Crippen molar-refractivity contribution in [3.63, 3.8) is 0 Å². The van der Waals surface area contributed by atoms with Crippen LogP contribution in [0.4, 0.5) is 5.13 Å². The van der Waals surface area contributed by atoms with Gasteiger partial charge < -0.3 is 20.3 Å². The number of aryl methyl sites for hydroxylation is 1. The molecule has 144 valence electrons. The van der Waals surface area contributed by atoms with Gasteiger partial charge in [0.15, 0.2) is 11.1 Å². The van der Waals surface area contributed by atoms with Gasteiger partial charge in [-0.15, -0.1) is 35.3 Å². The van der Waals surface area contributed by atoms with E-state index in [4.69, 9.17) is 4.74 Å². The second-order valence-electron chi connectivity index (χ2n) is 5.88. The average Bonchev–Trinajstić information content (AvgIpc) is 3.07. The summed E-state index contributed by atoms with van der Waals surface area (Å²) in [4.78, 5) is 11.2. The first kappa shape index (κ1) is 22.5. The molecule has 0 atom stereocenters. The van der Waals surface area contributed by atoms with Gasteiger partial charge in [-0.3, -0.25) is 0 Å². The van der Waals surface area contributed by atoms with Gasteiger partial charge in [-0.2, -0.15) is 0 Å². The molecule has 2 rings (SSSR count). The summed E-state index contributed by atoms with van der Waals surface area (Å²) in [5, 5.41) is 9.66. The lowest BCUT2D eigenvalue weighted by Gasteiger charge is -2.12. The van der Waals surface area contributed by atoms with Crippen molar-refractivity contribution in [3.05, 3.63) is 40.4 Å². The Morgan fingerprint density at radius 3 is 2.69 bits per heavy atom. The molecule has 1 heterocycles. The molecule has 8 heteroatoms. The maximum absolute atomic E-state index is 5.45. The number of guanidine groups is 1. The minimum atomic E-state index is 0. The Balaban J connectivity index is 0.00000338. The molecular weight excluding hydrogens is 461 g/mol. The number of nitrogens with one attached hydrogen (secondary N) is 2. The molecule has 0 spiro atoms. The smallest absolute Gasteiger partial charge is 0.191 e. The fourth-order valence-electron chi connectivity index (χ4n) is 2.25. The van der Waals surface area contributed by atoms with E-state index in [1.807, 2.05) is 25.1 Å². The number of rotatable bonds is 7. The number of thiazole rings is 1. The van der Waals surface area contributed by atoms with Crippen molar-refractivity contribution in [2.75, 3.05) is 32.6 Å². The van der Waals surface area contributed by atoms with Crippen molar-refractivity contribution in [1.82, 2.24) is 15.6 Å². The number of aromatic nitrogens is 1. The van der Waals surface area contributed by atoms with Crippen LogP contribution in [0.2, 0.25) is 0 Å². The van der Waals surface area contributed by atoms with Crippen LogP contribution in [0.1, 0.15) is 23.7 Å². The van der Waals surface area contributed by atoms with E-state index < -0.39 is 0 Å². The lowest BCUT2D eigenvalue weighted by atomic mass is 10.1. The molecule has 0 aliphatic carbocycles. The van der Waals surface area contributed by atoms with Crippen molar-refractivity contribution in [2.24, 2.45) is 4.99 Å². The van der Waals surface area contributed by atoms with Crippen LogP contribution in [0, 0.1) is 6.92 Å². The largest absolute Gasteiger partial charge is 0.496 e. The normalized spacial score (nSPS) is 10.9. The number of anilines is 1. The van der Waals surface area contributed by atoms with Crippen LogP contribution in [0.25, 0.3) is 0 Å². The Hall–Kier alpha value is -1.55. The first-order valence-electron chi connectivity index (χ1n) is 8.31. The zero-order chi connectivity index (χ0) is 18.2. The van der Waals surface area contributed by atoms with Crippen molar-refractivity contribution in [2.45, 2.75) is 26.9 Å². The predicted octanol–water partition coefficient (Wildman–Crippen LogP) is 3.40. The zero-order valence-corrected chi connectivity index (χ0v) is 19.1. The van der Waals surface area contributed by atoms with Gasteiger partial charge in [0.2, 0.25) is 0 Å². The molecule has 0 unspecified atom stereocenters. The van der Waals surface area contributed by atoms with Crippen molar-refractivity contribution >= 4 is 46.4 Å². The molecule has 6 nitrogen and oxygen atoms in total. The molecule has 0 aliphatic rings. The molecule has 2 N–H and O–H groups in total.